The molecule has 7 heteroatoms. The third-order valence-corrected chi connectivity index (χ3v) is 4.40. The van der Waals surface area contributed by atoms with Gasteiger partial charge in [-0.05, 0) is 31.5 Å². The average Bonchev–Trinajstić information content (AvgIpc) is 3.06. The number of fused-ring (bicyclic) bond motifs is 1. The highest BCUT2D eigenvalue weighted by Crippen LogP contribution is 2.35. The molecule has 0 bridgehead atoms. The first-order valence-electron chi connectivity index (χ1n) is 6.87. The van der Waals surface area contributed by atoms with Crippen LogP contribution in [0.15, 0.2) is 24.5 Å². The zero-order valence-electron chi connectivity index (χ0n) is 12.4. The van der Waals surface area contributed by atoms with Crippen LogP contribution in [0.1, 0.15) is 20.9 Å². The SMILES string of the molecule is Cc1cc(C)c2c(N)c(C(=O)OCCn3cccn3)sc2n1. The van der Waals surface area contributed by atoms with Crippen molar-refractivity contribution in [2.24, 2.45) is 0 Å². The summed E-state index contributed by atoms with van der Waals surface area (Å²) in [6.07, 6.45) is 3.50. The lowest BCUT2D eigenvalue weighted by atomic mass is 10.1. The zero-order valence-corrected chi connectivity index (χ0v) is 13.2. The second kappa shape index (κ2) is 5.76. The van der Waals surface area contributed by atoms with Crippen molar-refractivity contribution in [3.05, 3.63) is 40.7 Å². The van der Waals surface area contributed by atoms with Crippen LogP contribution in [0.25, 0.3) is 10.2 Å². The Kier molecular flexibility index (Phi) is 3.81. The fraction of sp³-hybridized carbons (Fsp3) is 0.267. The number of carbonyl (C=O) groups excluding carboxylic acids is 1. The normalized spacial score (nSPS) is 11.0. The minimum absolute atomic E-state index is 0.250. The van der Waals surface area contributed by atoms with Crippen LogP contribution in [0, 0.1) is 13.8 Å². The molecule has 0 aromatic carbocycles. The summed E-state index contributed by atoms with van der Waals surface area (Å²) in [5, 5.41) is 4.89. The summed E-state index contributed by atoms with van der Waals surface area (Å²) in [6, 6.07) is 3.78. The molecule has 3 rings (SSSR count). The Bertz CT molecular complexity index is 824. The largest absolute Gasteiger partial charge is 0.459 e. The van der Waals surface area contributed by atoms with Crippen molar-refractivity contribution in [2.75, 3.05) is 12.3 Å². The van der Waals surface area contributed by atoms with Crippen LogP contribution in [0.5, 0.6) is 0 Å². The van der Waals surface area contributed by atoms with E-state index in [9.17, 15) is 4.79 Å². The van der Waals surface area contributed by atoms with Crippen molar-refractivity contribution in [2.45, 2.75) is 20.4 Å². The highest BCUT2D eigenvalue weighted by Gasteiger charge is 2.20. The summed E-state index contributed by atoms with van der Waals surface area (Å²) in [5.74, 6) is -0.412. The van der Waals surface area contributed by atoms with Crippen LogP contribution in [-0.2, 0) is 11.3 Å². The highest BCUT2D eigenvalue weighted by molar-refractivity contribution is 7.21. The number of nitrogens with zero attached hydrogens (tertiary/aromatic N) is 3. The van der Waals surface area contributed by atoms with Crippen molar-refractivity contribution < 1.29 is 9.53 Å². The molecule has 6 nitrogen and oxygen atoms in total. The van der Waals surface area contributed by atoms with Crippen LogP contribution in [0.2, 0.25) is 0 Å². The maximum atomic E-state index is 12.2. The Labute approximate surface area is 131 Å². The Morgan fingerprint density at radius 3 is 3.00 bits per heavy atom. The van der Waals surface area contributed by atoms with E-state index in [2.05, 4.69) is 10.1 Å². The van der Waals surface area contributed by atoms with Gasteiger partial charge in [0, 0.05) is 23.5 Å². The number of aryl methyl sites for hydroxylation is 2. The molecule has 114 valence electrons. The first-order chi connectivity index (χ1) is 10.6. The number of anilines is 1. The number of rotatable bonds is 4. The van der Waals surface area contributed by atoms with Gasteiger partial charge in [0.2, 0.25) is 0 Å². The number of esters is 1. The highest BCUT2D eigenvalue weighted by atomic mass is 32.1. The van der Waals surface area contributed by atoms with Gasteiger partial charge in [-0.1, -0.05) is 0 Å². The number of hydrogen-bond donors (Lipinski definition) is 1. The first-order valence-corrected chi connectivity index (χ1v) is 7.68. The summed E-state index contributed by atoms with van der Waals surface area (Å²) in [7, 11) is 0. The van der Waals surface area contributed by atoms with Crippen LogP contribution < -0.4 is 5.73 Å². The number of hydrogen-bond acceptors (Lipinski definition) is 6. The Morgan fingerprint density at radius 2 is 2.27 bits per heavy atom. The molecule has 2 N–H and O–H groups in total. The van der Waals surface area contributed by atoms with Crippen LogP contribution in [-0.4, -0.2) is 27.3 Å². The van der Waals surface area contributed by atoms with Crippen molar-refractivity contribution >= 4 is 33.2 Å². The second-order valence-corrected chi connectivity index (χ2v) is 6.01. The summed E-state index contributed by atoms with van der Waals surface area (Å²) in [5.41, 5.74) is 8.49. The third kappa shape index (κ3) is 2.67. The van der Waals surface area contributed by atoms with Gasteiger partial charge in [-0.25, -0.2) is 9.78 Å². The van der Waals surface area contributed by atoms with E-state index in [1.807, 2.05) is 32.2 Å². The summed E-state index contributed by atoms with van der Waals surface area (Å²) < 4.78 is 6.99. The number of ether oxygens (including phenoxy) is 1. The lowest BCUT2D eigenvalue weighted by molar-refractivity contribution is 0.0494. The maximum absolute atomic E-state index is 12.2. The summed E-state index contributed by atoms with van der Waals surface area (Å²) in [4.78, 5) is 17.8. The van der Waals surface area contributed by atoms with E-state index in [1.165, 1.54) is 11.3 Å². The average molecular weight is 316 g/mol. The van der Waals surface area contributed by atoms with Crippen molar-refractivity contribution in [1.82, 2.24) is 14.8 Å². The lowest BCUT2D eigenvalue weighted by Crippen LogP contribution is -2.11. The molecule has 3 aromatic rings. The molecule has 0 saturated carbocycles. The van der Waals surface area contributed by atoms with Crippen LogP contribution in [0.4, 0.5) is 5.69 Å². The van der Waals surface area contributed by atoms with Crippen LogP contribution >= 0.6 is 11.3 Å². The van der Waals surface area contributed by atoms with Gasteiger partial charge in [0.1, 0.15) is 16.3 Å². The molecule has 3 heterocycles. The molecular weight excluding hydrogens is 300 g/mol. The molecule has 0 spiro atoms. The predicted octanol–water partition coefficient (Wildman–Crippen LogP) is 2.55. The smallest absolute Gasteiger partial charge is 0.350 e. The number of nitrogen functional groups attached to an aromatic ring is 1. The van der Waals surface area contributed by atoms with E-state index >= 15 is 0 Å². The van der Waals surface area contributed by atoms with Gasteiger partial charge in [-0.15, -0.1) is 11.3 Å². The monoisotopic (exact) mass is 316 g/mol. The molecule has 0 unspecified atom stereocenters. The molecule has 0 aliphatic carbocycles. The molecule has 0 amide bonds. The predicted molar refractivity (Wildman–Crippen MR) is 86.0 cm³/mol. The molecule has 0 saturated heterocycles. The lowest BCUT2D eigenvalue weighted by Gasteiger charge is -2.04. The first kappa shape index (κ1) is 14.5. The summed E-state index contributed by atoms with van der Waals surface area (Å²) >= 11 is 1.28. The topological polar surface area (TPSA) is 83.0 Å². The number of pyridine rings is 1. The van der Waals surface area contributed by atoms with Gasteiger partial charge in [-0.2, -0.15) is 5.10 Å². The van der Waals surface area contributed by atoms with E-state index in [0.29, 0.717) is 17.1 Å². The van der Waals surface area contributed by atoms with E-state index in [0.717, 1.165) is 21.5 Å². The molecule has 0 aliphatic heterocycles. The Morgan fingerprint density at radius 1 is 1.45 bits per heavy atom. The van der Waals surface area contributed by atoms with Crippen molar-refractivity contribution in [3.8, 4) is 0 Å². The quantitative estimate of drug-likeness (QED) is 0.748. The fourth-order valence-corrected chi connectivity index (χ4v) is 3.46. The van der Waals surface area contributed by atoms with E-state index in [4.69, 9.17) is 10.5 Å². The van der Waals surface area contributed by atoms with E-state index in [-0.39, 0.29) is 6.61 Å². The molecule has 0 aliphatic rings. The number of thiophene rings is 1. The Hall–Kier alpha value is -2.41. The van der Waals surface area contributed by atoms with Crippen molar-refractivity contribution in [1.29, 1.82) is 0 Å². The van der Waals surface area contributed by atoms with Crippen molar-refractivity contribution in [3.63, 3.8) is 0 Å². The maximum Gasteiger partial charge on any atom is 0.350 e. The van der Waals surface area contributed by atoms with E-state index in [1.54, 1.807) is 10.9 Å². The minimum atomic E-state index is -0.412. The number of nitrogens with two attached hydrogens (primary N) is 1. The van der Waals surface area contributed by atoms with Gasteiger partial charge in [0.25, 0.3) is 0 Å². The van der Waals surface area contributed by atoms with Gasteiger partial charge in [0.15, 0.2) is 0 Å². The van der Waals surface area contributed by atoms with Crippen LogP contribution in [0.3, 0.4) is 0 Å². The molecule has 0 atom stereocenters. The fourth-order valence-electron chi connectivity index (χ4n) is 2.35. The van der Waals surface area contributed by atoms with Gasteiger partial charge < -0.3 is 10.5 Å². The molecule has 3 aromatic heterocycles. The zero-order chi connectivity index (χ0) is 15.7. The third-order valence-electron chi connectivity index (χ3n) is 3.32. The molecule has 0 radical (unpaired) electrons. The molecular formula is C15H16N4O2S. The number of carbonyl (C=O) groups is 1. The number of aromatic nitrogens is 3. The van der Waals surface area contributed by atoms with Gasteiger partial charge in [0.05, 0.1) is 12.2 Å². The van der Waals surface area contributed by atoms with E-state index < -0.39 is 5.97 Å². The minimum Gasteiger partial charge on any atom is -0.459 e. The van der Waals surface area contributed by atoms with Gasteiger partial charge >= 0.3 is 5.97 Å². The Balaban J connectivity index is 1.79. The summed E-state index contributed by atoms with van der Waals surface area (Å²) in [6.45, 7) is 4.65. The molecule has 22 heavy (non-hydrogen) atoms. The molecule has 0 fully saturated rings. The standard InChI is InChI=1S/C15H16N4O2S/c1-9-8-10(2)18-14-11(9)12(16)13(22-14)15(20)21-7-6-19-5-3-4-17-19/h3-5,8H,6-7,16H2,1-2H3. The second-order valence-electron chi connectivity index (χ2n) is 5.01. The van der Waals surface area contributed by atoms with Gasteiger partial charge in [-0.3, -0.25) is 4.68 Å².